The van der Waals surface area contributed by atoms with E-state index in [-0.39, 0.29) is 11.9 Å². The number of carbonyl (C=O) groups excluding carboxylic acids is 2. The van der Waals surface area contributed by atoms with E-state index in [1.165, 1.54) is 18.4 Å². The molecule has 0 saturated heterocycles. The molecule has 0 aliphatic carbocycles. The van der Waals surface area contributed by atoms with Crippen LogP contribution in [0.1, 0.15) is 29.7 Å². The van der Waals surface area contributed by atoms with Gasteiger partial charge in [0.1, 0.15) is 6.04 Å². The Balaban J connectivity index is 2.21. The van der Waals surface area contributed by atoms with Gasteiger partial charge in [-0.05, 0) is 30.7 Å². The van der Waals surface area contributed by atoms with E-state index in [4.69, 9.17) is 4.74 Å². The maximum Gasteiger partial charge on any atom is 0.328 e. The number of benzene rings is 1. The summed E-state index contributed by atoms with van der Waals surface area (Å²) in [6.45, 7) is 1.90. The lowest BCUT2D eigenvalue weighted by Crippen LogP contribution is -2.28. The Morgan fingerprint density at radius 1 is 1.24 bits per heavy atom. The van der Waals surface area contributed by atoms with Crippen LogP contribution < -0.4 is 4.80 Å². The van der Waals surface area contributed by atoms with Crippen LogP contribution in [0.4, 0.5) is 0 Å². The summed E-state index contributed by atoms with van der Waals surface area (Å²) in [6.07, 6.45) is 3.63. The summed E-state index contributed by atoms with van der Waals surface area (Å²) in [6, 6.07) is 10.3. The molecule has 1 amide bonds. The molecule has 0 N–H and O–H groups in total. The summed E-state index contributed by atoms with van der Waals surface area (Å²) in [5, 5.41) is 0. The highest BCUT2D eigenvalue weighted by molar-refractivity contribution is 7.16. The lowest BCUT2D eigenvalue weighted by Gasteiger charge is -2.15. The second-order valence-corrected chi connectivity index (χ2v) is 6.33. The van der Waals surface area contributed by atoms with E-state index in [0.717, 1.165) is 10.2 Å². The third-order valence-corrected chi connectivity index (χ3v) is 4.86. The fourth-order valence-corrected chi connectivity index (χ4v) is 3.67. The Labute approximate surface area is 148 Å². The molecule has 0 aliphatic heterocycles. The second-order valence-electron chi connectivity index (χ2n) is 5.32. The van der Waals surface area contributed by atoms with Crippen LogP contribution in [0, 0.1) is 0 Å². The second kappa shape index (κ2) is 7.40. The van der Waals surface area contributed by atoms with Gasteiger partial charge in [0.2, 0.25) is 0 Å². The Bertz CT molecular complexity index is 976. The number of carbonyl (C=O) groups is 2. The van der Waals surface area contributed by atoms with Crippen molar-refractivity contribution in [3.63, 3.8) is 0 Å². The van der Waals surface area contributed by atoms with Crippen molar-refractivity contribution in [1.29, 1.82) is 0 Å². The van der Waals surface area contributed by atoms with Crippen LogP contribution in [0.15, 0.2) is 53.8 Å². The van der Waals surface area contributed by atoms with Gasteiger partial charge in [-0.3, -0.25) is 9.78 Å². The van der Waals surface area contributed by atoms with Gasteiger partial charge >= 0.3 is 5.97 Å². The van der Waals surface area contributed by atoms with E-state index in [1.807, 2.05) is 31.2 Å². The molecule has 6 nitrogen and oxygen atoms in total. The molecular formula is C18H17N3O3S. The molecule has 3 aromatic rings. The van der Waals surface area contributed by atoms with Crippen LogP contribution >= 0.6 is 11.3 Å². The number of thiazole rings is 1. The molecule has 0 radical (unpaired) electrons. The lowest BCUT2D eigenvalue weighted by molar-refractivity contribution is -0.144. The van der Waals surface area contributed by atoms with E-state index in [0.29, 0.717) is 16.8 Å². The fourth-order valence-electron chi connectivity index (χ4n) is 2.61. The van der Waals surface area contributed by atoms with Crippen molar-refractivity contribution in [3.8, 4) is 0 Å². The Morgan fingerprint density at radius 2 is 1.96 bits per heavy atom. The highest BCUT2D eigenvalue weighted by Gasteiger charge is 2.23. The minimum Gasteiger partial charge on any atom is -0.467 e. The van der Waals surface area contributed by atoms with Crippen molar-refractivity contribution in [2.24, 2.45) is 4.99 Å². The lowest BCUT2D eigenvalue weighted by atomic mass is 10.2. The Morgan fingerprint density at radius 3 is 2.64 bits per heavy atom. The molecule has 3 rings (SSSR count). The van der Waals surface area contributed by atoms with Crippen LogP contribution in [-0.4, -0.2) is 28.5 Å². The largest absolute Gasteiger partial charge is 0.467 e. The predicted molar refractivity (Wildman–Crippen MR) is 95.3 cm³/mol. The third-order valence-electron chi connectivity index (χ3n) is 3.83. The average Bonchev–Trinajstić information content (AvgIpc) is 3.01. The number of para-hydroxylation sites is 1. The molecule has 0 aliphatic rings. The van der Waals surface area contributed by atoms with Crippen molar-refractivity contribution >= 4 is 33.4 Å². The normalized spacial score (nSPS) is 13.0. The van der Waals surface area contributed by atoms with Crippen LogP contribution in [0.25, 0.3) is 10.2 Å². The summed E-state index contributed by atoms with van der Waals surface area (Å²) in [5.74, 6) is -0.730. The van der Waals surface area contributed by atoms with Crippen molar-refractivity contribution in [2.45, 2.75) is 19.4 Å². The predicted octanol–water partition coefficient (Wildman–Crippen LogP) is 2.96. The first-order valence-corrected chi connectivity index (χ1v) is 8.64. The zero-order valence-electron chi connectivity index (χ0n) is 13.9. The highest BCUT2D eigenvalue weighted by Crippen LogP contribution is 2.23. The molecule has 0 fully saturated rings. The van der Waals surface area contributed by atoms with Gasteiger partial charge < -0.3 is 9.30 Å². The van der Waals surface area contributed by atoms with E-state index in [2.05, 4.69) is 9.98 Å². The monoisotopic (exact) mass is 355 g/mol. The maximum absolute atomic E-state index is 12.5. The van der Waals surface area contributed by atoms with Gasteiger partial charge in [-0.25, -0.2) is 4.79 Å². The van der Waals surface area contributed by atoms with Crippen LogP contribution in [0.5, 0.6) is 0 Å². The summed E-state index contributed by atoms with van der Waals surface area (Å²) in [5.41, 5.74) is 1.30. The molecule has 0 bridgehead atoms. The molecule has 25 heavy (non-hydrogen) atoms. The topological polar surface area (TPSA) is 73.6 Å². The van der Waals surface area contributed by atoms with Crippen molar-refractivity contribution < 1.29 is 14.3 Å². The number of nitrogens with zero attached hydrogens (tertiary/aromatic N) is 3. The standard InChI is InChI=1S/C18H17N3O3S/c1-3-13(17(23)24-2)21-14-6-4-5-7-15(14)25-18(21)20-16(22)12-8-10-19-11-9-12/h4-11,13H,3H2,1-2H3/b20-18-. The molecule has 1 unspecified atom stereocenters. The zero-order chi connectivity index (χ0) is 17.8. The molecule has 2 aromatic heterocycles. The van der Waals surface area contributed by atoms with Gasteiger partial charge in [0.05, 0.1) is 17.3 Å². The minimum atomic E-state index is -0.537. The third kappa shape index (κ3) is 3.36. The number of fused-ring (bicyclic) bond motifs is 1. The smallest absolute Gasteiger partial charge is 0.328 e. The molecule has 7 heteroatoms. The first kappa shape index (κ1) is 17.0. The number of ether oxygens (including phenoxy) is 1. The number of rotatable bonds is 4. The number of pyridine rings is 1. The Hall–Kier alpha value is -2.80. The van der Waals surface area contributed by atoms with Crippen LogP contribution in [0.3, 0.4) is 0 Å². The van der Waals surface area contributed by atoms with Crippen molar-refractivity contribution in [3.05, 3.63) is 59.2 Å². The number of hydrogen-bond donors (Lipinski definition) is 0. The Kier molecular flexibility index (Phi) is 5.04. The first-order valence-electron chi connectivity index (χ1n) is 7.82. The molecule has 0 saturated carbocycles. The van der Waals surface area contributed by atoms with Crippen LogP contribution in [0.2, 0.25) is 0 Å². The van der Waals surface area contributed by atoms with Gasteiger partial charge in [0.25, 0.3) is 5.91 Å². The molecule has 1 atom stereocenters. The maximum atomic E-state index is 12.5. The van der Waals surface area contributed by atoms with Gasteiger partial charge in [-0.1, -0.05) is 30.4 Å². The number of amides is 1. The molecule has 2 heterocycles. The van der Waals surface area contributed by atoms with Crippen molar-refractivity contribution in [1.82, 2.24) is 9.55 Å². The van der Waals surface area contributed by atoms with Crippen molar-refractivity contribution in [2.75, 3.05) is 7.11 Å². The number of methoxy groups -OCH3 is 1. The summed E-state index contributed by atoms with van der Waals surface area (Å²) in [4.78, 5) is 33.3. The molecule has 0 spiro atoms. The van der Waals surface area contributed by atoms with E-state index < -0.39 is 6.04 Å². The average molecular weight is 355 g/mol. The van der Waals surface area contributed by atoms with Gasteiger partial charge in [0.15, 0.2) is 4.80 Å². The van der Waals surface area contributed by atoms with E-state index in [9.17, 15) is 9.59 Å². The van der Waals surface area contributed by atoms with E-state index in [1.54, 1.807) is 29.1 Å². The number of hydrogen-bond acceptors (Lipinski definition) is 5. The number of esters is 1. The fraction of sp³-hybridized carbons (Fsp3) is 0.222. The molecule has 128 valence electrons. The minimum absolute atomic E-state index is 0.358. The quantitative estimate of drug-likeness (QED) is 0.675. The number of aromatic nitrogens is 2. The van der Waals surface area contributed by atoms with Gasteiger partial charge in [-0.2, -0.15) is 4.99 Å². The molecule has 1 aromatic carbocycles. The first-order chi connectivity index (χ1) is 12.2. The highest BCUT2D eigenvalue weighted by atomic mass is 32.1. The van der Waals surface area contributed by atoms with Gasteiger partial charge in [-0.15, -0.1) is 0 Å². The SMILES string of the molecule is CCC(C(=O)OC)n1/c(=N/C(=O)c2ccncc2)sc2ccccc21. The summed E-state index contributed by atoms with van der Waals surface area (Å²) >= 11 is 1.37. The molecular weight excluding hydrogens is 338 g/mol. The van der Waals surface area contributed by atoms with Gasteiger partial charge in [0, 0.05) is 18.0 Å². The van der Waals surface area contributed by atoms with Crippen LogP contribution in [-0.2, 0) is 9.53 Å². The summed E-state index contributed by atoms with van der Waals surface area (Å²) < 4.78 is 7.66. The summed E-state index contributed by atoms with van der Waals surface area (Å²) in [7, 11) is 1.36. The van der Waals surface area contributed by atoms with E-state index >= 15 is 0 Å². The zero-order valence-corrected chi connectivity index (χ0v) is 14.7.